The second-order valence-corrected chi connectivity index (χ2v) is 4.89. The summed E-state index contributed by atoms with van der Waals surface area (Å²) in [5.74, 6) is 0.242. The Morgan fingerprint density at radius 2 is 1.71 bits per heavy atom. The van der Waals surface area contributed by atoms with E-state index in [-0.39, 0.29) is 11.2 Å². The maximum absolute atomic E-state index is 12.2. The molecule has 2 nitrogen and oxygen atoms in total. The van der Waals surface area contributed by atoms with E-state index in [1.54, 1.807) is 0 Å². The number of hydrogen-bond donors (Lipinski definition) is 1. The van der Waals surface area contributed by atoms with E-state index >= 15 is 0 Å². The largest absolute Gasteiger partial charge is 0.329 e. The van der Waals surface area contributed by atoms with Gasteiger partial charge in [-0.1, -0.05) is 45.0 Å². The van der Waals surface area contributed by atoms with Crippen LogP contribution in [-0.4, -0.2) is 12.3 Å². The fraction of sp³-hybridized carbons (Fsp3) is 0.533. The molecule has 0 saturated carbocycles. The Morgan fingerprint density at radius 3 is 2.12 bits per heavy atom. The van der Waals surface area contributed by atoms with Gasteiger partial charge in [-0.3, -0.25) is 4.79 Å². The molecule has 1 aromatic carbocycles. The zero-order chi connectivity index (χ0) is 12.9. The highest BCUT2D eigenvalue weighted by molar-refractivity contribution is 5.86. The summed E-state index contributed by atoms with van der Waals surface area (Å²) in [6, 6.07) is 8.27. The lowest BCUT2D eigenvalue weighted by atomic mass is 9.80. The maximum atomic E-state index is 12.2. The first kappa shape index (κ1) is 13.9. The van der Waals surface area contributed by atoms with Gasteiger partial charge in [0.05, 0.1) is 0 Å². The molecule has 1 rings (SSSR count). The lowest BCUT2D eigenvalue weighted by Gasteiger charge is -2.24. The van der Waals surface area contributed by atoms with Gasteiger partial charge in [-0.25, -0.2) is 0 Å². The minimum absolute atomic E-state index is 0.242. The number of aryl methyl sites for hydroxylation is 1. The predicted molar refractivity (Wildman–Crippen MR) is 72.0 cm³/mol. The van der Waals surface area contributed by atoms with Gasteiger partial charge in [-0.05, 0) is 24.0 Å². The molecule has 2 N–H and O–H groups in total. The first-order valence-corrected chi connectivity index (χ1v) is 6.37. The monoisotopic (exact) mass is 233 g/mol. The average molecular weight is 233 g/mol. The number of carbonyl (C=O) groups excluding carboxylic acids is 1. The van der Waals surface area contributed by atoms with Crippen LogP contribution in [0.5, 0.6) is 0 Å². The Hall–Kier alpha value is -1.15. The molecule has 1 atom stereocenters. The summed E-state index contributed by atoms with van der Waals surface area (Å²) in [4.78, 5) is 12.2. The quantitative estimate of drug-likeness (QED) is 0.821. The topological polar surface area (TPSA) is 43.1 Å². The molecule has 0 aliphatic heterocycles. The van der Waals surface area contributed by atoms with Crippen molar-refractivity contribution >= 4 is 5.78 Å². The molecule has 0 amide bonds. The van der Waals surface area contributed by atoms with Crippen molar-refractivity contribution < 1.29 is 4.79 Å². The van der Waals surface area contributed by atoms with E-state index < -0.39 is 0 Å². The van der Waals surface area contributed by atoms with E-state index in [0.29, 0.717) is 13.0 Å². The number of rotatable bonds is 6. The molecule has 2 heteroatoms. The van der Waals surface area contributed by atoms with Gasteiger partial charge in [-0.2, -0.15) is 0 Å². The summed E-state index contributed by atoms with van der Waals surface area (Å²) < 4.78 is 0. The van der Waals surface area contributed by atoms with E-state index in [1.165, 1.54) is 5.56 Å². The zero-order valence-corrected chi connectivity index (χ0v) is 11.1. The van der Waals surface area contributed by atoms with Crippen LogP contribution < -0.4 is 5.73 Å². The SMILES string of the molecule is CCc1ccc(CC(=O)C(C)(CC)CN)cc1. The average Bonchev–Trinajstić information content (AvgIpc) is 2.38. The molecule has 0 aliphatic rings. The van der Waals surface area contributed by atoms with Crippen LogP contribution in [0, 0.1) is 5.41 Å². The second kappa shape index (κ2) is 5.97. The molecule has 0 fully saturated rings. The molecule has 0 saturated heterocycles. The van der Waals surface area contributed by atoms with Gasteiger partial charge >= 0.3 is 0 Å². The van der Waals surface area contributed by atoms with E-state index in [9.17, 15) is 4.79 Å². The highest BCUT2D eigenvalue weighted by Gasteiger charge is 2.28. The number of benzene rings is 1. The Labute approximate surface area is 104 Å². The molecule has 1 aromatic rings. The third-order valence-corrected chi connectivity index (χ3v) is 3.70. The molecule has 0 radical (unpaired) electrons. The summed E-state index contributed by atoms with van der Waals surface area (Å²) in [5.41, 5.74) is 7.71. The van der Waals surface area contributed by atoms with E-state index in [0.717, 1.165) is 18.4 Å². The molecule has 0 heterocycles. The van der Waals surface area contributed by atoms with Crippen molar-refractivity contribution in [2.45, 2.75) is 40.0 Å². The van der Waals surface area contributed by atoms with Gasteiger partial charge in [0.1, 0.15) is 5.78 Å². The first-order chi connectivity index (χ1) is 8.05. The Kier molecular flexibility index (Phi) is 4.88. The number of carbonyl (C=O) groups is 1. The Morgan fingerprint density at radius 1 is 1.18 bits per heavy atom. The normalized spacial score (nSPS) is 14.4. The van der Waals surface area contributed by atoms with Gasteiger partial charge in [0.25, 0.3) is 0 Å². The number of nitrogens with two attached hydrogens (primary N) is 1. The van der Waals surface area contributed by atoms with Crippen LogP contribution in [-0.2, 0) is 17.6 Å². The van der Waals surface area contributed by atoms with Crippen molar-refractivity contribution in [1.82, 2.24) is 0 Å². The highest BCUT2D eigenvalue weighted by atomic mass is 16.1. The van der Waals surface area contributed by atoms with Gasteiger partial charge in [0, 0.05) is 18.4 Å². The third kappa shape index (κ3) is 3.40. The minimum Gasteiger partial charge on any atom is -0.329 e. The fourth-order valence-corrected chi connectivity index (χ4v) is 1.75. The second-order valence-electron chi connectivity index (χ2n) is 4.89. The summed E-state index contributed by atoms with van der Waals surface area (Å²) in [6.45, 7) is 6.53. The van der Waals surface area contributed by atoms with Crippen LogP contribution in [0.3, 0.4) is 0 Å². The van der Waals surface area contributed by atoms with Crippen molar-refractivity contribution in [2.75, 3.05) is 6.54 Å². The van der Waals surface area contributed by atoms with Crippen molar-refractivity contribution in [2.24, 2.45) is 11.1 Å². The lowest BCUT2D eigenvalue weighted by molar-refractivity contribution is -0.126. The van der Waals surface area contributed by atoms with Gasteiger partial charge < -0.3 is 5.73 Å². The smallest absolute Gasteiger partial charge is 0.144 e. The van der Waals surface area contributed by atoms with Crippen LogP contribution in [0.4, 0.5) is 0 Å². The van der Waals surface area contributed by atoms with Crippen molar-refractivity contribution in [3.63, 3.8) is 0 Å². The summed E-state index contributed by atoms with van der Waals surface area (Å²) in [6.07, 6.45) is 2.32. The molecule has 0 aliphatic carbocycles. The first-order valence-electron chi connectivity index (χ1n) is 6.37. The van der Waals surface area contributed by atoms with E-state index in [4.69, 9.17) is 5.73 Å². The van der Waals surface area contributed by atoms with Gasteiger partial charge in [0.15, 0.2) is 0 Å². The molecular formula is C15H23NO. The van der Waals surface area contributed by atoms with Crippen molar-refractivity contribution in [3.8, 4) is 0 Å². The fourth-order valence-electron chi connectivity index (χ4n) is 1.75. The molecule has 0 aromatic heterocycles. The number of Topliss-reactive ketones (excluding diaryl/α,β-unsaturated/α-hetero) is 1. The van der Waals surface area contributed by atoms with Crippen LogP contribution in [0.1, 0.15) is 38.3 Å². The minimum atomic E-state index is -0.372. The van der Waals surface area contributed by atoms with Crippen LogP contribution in [0.25, 0.3) is 0 Å². The van der Waals surface area contributed by atoms with Crippen LogP contribution in [0.15, 0.2) is 24.3 Å². The molecular weight excluding hydrogens is 210 g/mol. The summed E-state index contributed by atoms with van der Waals surface area (Å²) in [5, 5.41) is 0. The van der Waals surface area contributed by atoms with E-state index in [2.05, 4.69) is 19.1 Å². The zero-order valence-electron chi connectivity index (χ0n) is 11.1. The van der Waals surface area contributed by atoms with E-state index in [1.807, 2.05) is 26.0 Å². The van der Waals surface area contributed by atoms with Crippen LogP contribution >= 0.6 is 0 Å². The molecule has 0 spiro atoms. The van der Waals surface area contributed by atoms with Gasteiger partial charge in [0.2, 0.25) is 0 Å². The summed E-state index contributed by atoms with van der Waals surface area (Å²) >= 11 is 0. The molecule has 1 unspecified atom stereocenters. The van der Waals surface area contributed by atoms with Crippen molar-refractivity contribution in [3.05, 3.63) is 35.4 Å². The summed E-state index contributed by atoms with van der Waals surface area (Å²) in [7, 11) is 0. The molecule has 0 bridgehead atoms. The standard InChI is InChI=1S/C15H23NO/c1-4-12-6-8-13(9-7-12)10-14(17)15(3,5-2)11-16/h6-9H,4-5,10-11,16H2,1-3H3. The van der Waals surface area contributed by atoms with Crippen LogP contribution in [0.2, 0.25) is 0 Å². The predicted octanol–water partition coefficient (Wildman–Crippen LogP) is 2.74. The number of ketones is 1. The lowest BCUT2D eigenvalue weighted by Crippen LogP contribution is -2.36. The molecule has 94 valence electrons. The number of hydrogen-bond acceptors (Lipinski definition) is 2. The Balaban J connectivity index is 2.73. The van der Waals surface area contributed by atoms with Gasteiger partial charge in [-0.15, -0.1) is 0 Å². The maximum Gasteiger partial charge on any atom is 0.144 e. The molecule has 17 heavy (non-hydrogen) atoms. The van der Waals surface area contributed by atoms with Crippen molar-refractivity contribution in [1.29, 1.82) is 0 Å². The highest BCUT2D eigenvalue weighted by Crippen LogP contribution is 2.22. The third-order valence-electron chi connectivity index (χ3n) is 3.70. The Bertz CT molecular complexity index is 363.